The van der Waals surface area contributed by atoms with E-state index < -0.39 is 0 Å². The van der Waals surface area contributed by atoms with Gasteiger partial charge in [0.1, 0.15) is 16.2 Å². The minimum absolute atomic E-state index is 0.0725. The van der Waals surface area contributed by atoms with Gasteiger partial charge in [0, 0.05) is 35.8 Å². The lowest BCUT2D eigenvalue weighted by atomic mass is 10.0. The fourth-order valence-electron chi connectivity index (χ4n) is 2.20. The molecule has 0 unspecified atom stereocenters. The van der Waals surface area contributed by atoms with Crippen molar-refractivity contribution in [3.8, 4) is 0 Å². The Labute approximate surface area is 131 Å². The fraction of sp³-hybridized carbons (Fsp3) is 0.500. The van der Waals surface area contributed by atoms with Crippen molar-refractivity contribution in [3.05, 3.63) is 16.8 Å². The van der Waals surface area contributed by atoms with E-state index in [-0.39, 0.29) is 5.91 Å². The van der Waals surface area contributed by atoms with Gasteiger partial charge in [-0.3, -0.25) is 4.79 Å². The lowest BCUT2D eigenvalue weighted by Crippen LogP contribution is -2.48. The smallest absolute Gasteiger partial charge is 0.230 e. The molecule has 2 N–H and O–H groups in total. The van der Waals surface area contributed by atoms with Crippen molar-refractivity contribution in [2.24, 2.45) is 5.92 Å². The topological polar surface area (TPSA) is 66.9 Å². The van der Waals surface area contributed by atoms with Crippen molar-refractivity contribution in [1.29, 1.82) is 0 Å². The van der Waals surface area contributed by atoms with Gasteiger partial charge in [0.15, 0.2) is 0 Å². The Kier molecular flexibility index (Phi) is 4.42. The van der Waals surface area contributed by atoms with Crippen molar-refractivity contribution >= 4 is 39.2 Å². The summed E-state index contributed by atoms with van der Waals surface area (Å²) in [7, 11) is 0. The normalized spacial score (nSPS) is 15.1. The van der Waals surface area contributed by atoms with Crippen LogP contribution in [-0.4, -0.2) is 41.3 Å². The van der Waals surface area contributed by atoms with E-state index in [9.17, 15) is 4.79 Å². The first-order valence-corrected chi connectivity index (χ1v) is 8.76. The van der Waals surface area contributed by atoms with Crippen LogP contribution in [-0.2, 0) is 4.79 Å². The first kappa shape index (κ1) is 14.7. The molecule has 1 aliphatic heterocycles. The molecule has 1 aliphatic rings. The molecule has 1 saturated heterocycles. The van der Waals surface area contributed by atoms with E-state index in [1.165, 1.54) is 22.2 Å². The molecule has 21 heavy (non-hydrogen) atoms. The van der Waals surface area contributed by atoms with Crippen molar-refractivity contribution < 1.29 is 4.79 Å². The van der Waals surface area contributed by atoms with Gasteiger partial charge < -0.3 is 10.6 Å². The highest BCUT2D eigenvalue weighted by molar-refractivity contribution is 8.00. The molecular formula is C14H18N4OS2. The van der Waals surface area contributed by atoms with Gasteiger partial charge in [0.25, 0.3) is 0 Å². The van der Waals surface area contributed by atoms with Crippen LogP contribution in [0.5, 0.6) is 0 Å². The molecule has 112 valence electrons. The average molecular weight is 322 g/mol. The number of fused-ring (bicyclic) bond motifs is 1. The fourth-order valence-corrected chi connectivity index (χ4v) is 4.14. The number of amides is 1. The standard InChI is InChI=1S/C14H18N4OS2/c1-8-9(2)21-14-12(8)13(17-7-18-14)20-6-11(19)16-5-10-3-15-4-10/h7,10,15H,3-6H2,1-2H3,(H,16,19). The molecule has 0 radical (unpaired) electrons. The van der Waals surface area contributed by atoms with Gasteiger partial charge in [-0.05, 0) is 19.4 Å². The van der Waals surface area contributed by atoms with Crippen molar-refractivity contribution in [2.45, 2.75) is 18.9 Å². The lowest BCUT2D eigenvalue weighted by molar-refractivity contribution is -0.118. The number of thiophene rings is 1. The minimum Gasteiger partial charge on any atom is -0.355 e. The van der Waals surface area contributed by atoms with Crippen LogP contribution in [0.3, 0.4) is 0 Å². The molecule has 0 bridgehead atoms. The first-order chi connectivity index (χ1) is 10.1. The number of nitrogens with zero attached hydrogens (tertiary/aromatic N) is 2. The summed E-state index contributed by atoms with van der Waals surface area (Å²) in [6.45, 7) is 6.96. The monoisotopic (exact) mass is 322 g/mol. The van der Waals surface area contributed by atoms with Gasteiger partial charge in [0.05, 0.1) is 5.75 Å². The SMILES string of the molecule is Cc1sc2ncnc(SCC(=O)NCC3CNC3)c2c1C. The number of rotatable bonds is 5. The molecule has 7 heteroatoms. The van der Waals surface area contributed by atoms with Crippen LogP contribution >= 0.6 is 23.1 Å². The zero-order valence-electron chi connectivity index (χ0n) is 12.1. The van der Waals surface area contributed by atoms with E-state index >= 15 is 0 Å². The summed E-state index contributed by atoms with van der Waals surface area (Å²) >= 11 is 3.17. The molecule has 0 spiro atoms. The number of aromatic nitrogens is 2. The van der Waals surface area contributed by atoms with Gasteiger partial charge in [0.2, 0.25) is 5.91 Å². The van der Waals surface area contributed by atoms with Crippen LogP contribution in [0.25, 0.3) is 10.2 Å². The second-order valence-corrected chi connectivity index (χ2v) is 7.43. The molecule has 0 aromatic carbocycles. The van der Waals surface area contributed by atoms with Crippen LogP contribution in [0.2, 0.25) is 0 Å². The summed E-state index contributed by atoms with van der Waals surface area (Å²) in [4.78, 5) is 22.8. The lowest BCUT2D eigenvalue weighted by Gasteiger charge is -2.27. The van der Waals surface area contributed by atoms with Gasteiger partial charge in [-0.25, -0.2) is 9.97 Å². The Morgan fingerprint density at radius 3 is 3.00 bits per heavy atom. The van der Waals surface area contributed by atoms with Gasteiger partial charge in [-0.15, -0.1) is 11.3 Å². The van der Waals surface area contributed by atoms with Crippen LogP contribution in [0.15, 0.2) is 11.4 Å². The third kappa shape index (κ3) is 3.20. The Morgan fingerprint density at radius 1 is 1.48 bits per heavy atom. The summed E-state index contributed by atoms with van der Waals surface area (Å²) in [5, 5.41) is 8.18. The molecule has 3 heterocycles. The highest BCUT2D eigenvalue weighted by Crippen LogP contribution is 2.34. The van der Waals surface area contributed by atoms with Crippen LogP contribution in [0, 0.1) is 19.8 Å². The van der Waals surface area contributed by atoms with Crippen LogP contribution in [0.4, 0.5) is 0 Å². The molecule has 5 nitrogen and oxygen atoms in total. The number of nitrogens with one attached hydrogen (secondary N) is 2. The van der Waals surface area contributed by atoms with Crippen molar-refractivity contribution in [2.75, 3.05) is 25.4 Å². The van der Waals surface area contributed by atoms with E-state index in [1.54, 1.807) is 17.7 Å². The number of aryl methyl sites for hydroxylation is 2. The van der Waals surface area contributed by atoms with Gasteiger partial charge in [-0.1, -0.05) is 11.8 Å². The van der Waals surface area contributed by atoms with Crippen molar-refractivity contribution in [3.63, 3.8) is 0 Å². The molecule has 1 fully saturated rings. The zero-order valence-corrected chi connectivity index (χ0v) is 13.7. The number of thioether (sulfide) groups is 1. The second-order valence-electron chi connectivity index (χ2n) is 5.26. The quantitative estimate of drug-likeness (QED) is 0.648. The molecular weight excluding hydrogens is 304 g/mol. The Hall–Kier alpha value is -1.18. The molecule has 2 aromatic rings. The molecule has 2 aromatic heterocycles. The summed E-state index contributed by atoms with van der Waals surface area (Å²) in [6, 6.07) is 0. The second kappa shape index (κ2) is 6.29. The largest absolute Gasteiger partial charge is 0.355 e. The first-order valence-electron chi connectivity index (χ1n) is 6.96. The highest BCUT2D eigenvalue weighted by Gasteiger charge is 2.18. The van der Waals surface area contributed by atoms with E-state index in [0.29, 0.717) is 11.7 Å². The van der Waals surface area contributed by atoms with Gasteiger partial charge >= 0.3 is 0 Å². The number of hydrogen-bond donors (Lipinski definition) is 2. The maximum Gasteiger partial charge on any atom is 0.230 e. The number of hydrogen-bond acceptors (Lipinski definition) is 6. The maximum atomic E-state index is 11.9. The highest BCUT2D eigenvalue weighted by atomic mass is 32.2. The predicted octanol–water partition coefficient (Wildman–Crippen LogP) is 1.74. The van der Waals surface area contributed by atoms with Crippen molar-refractivity contribution in [1.82, 2.24) is 20.6 Å². The Bertz CT molecular complexity index is 666. The van der Waals surface area contributed by atoms with E-state index in [1.807, 2.05) is 0 Å². The number of carbonyl (C=O) groups is 1. The molecule has 3 rings (SSSR count). The van der Waals surface area contributed by atoms with E-state index in [0.717, 1.165) is 34.9 Å². The molecule has 0 atom stereocenters. The van der Waals surface area contributed by atoms with Crippen LogP contribution < -0.4 is 10.6 Å². The summed E-state index contributed by atoms with van der Waals surface area (Å²) < 4.78 is 0. The van der Waals surface area contributed by atoms with Crippen LogP contribution in [0.1, 0.15) is 10.4 Å². The Morgan fingerprint density at radius 2 is 2.29 bits per heavy atom. The summed E-state index contributed by atoms with van der Waals surface area (Å²) in [5.74, 6) is 1.07. The zero-order chi connectivity index (χ0) is 14.8. The molecule has 0 aliphatic carbocycles. The van der Waals surface area contributed by atoms with Gasteiger partial charge in [-0.2, -0.15) is 0 Å². The van der Waals surface area contributed by atoms with E-state index in [4.69, 9.17) is 0 Å². The Balaban J connectivity index is 1.63. The maximum absolute atomic E-state index is 11.9. The third-order valence-corrected chi connectivity index (χ3v) is 5.83. The predicted molar refractivity (Wildman–Crippen MR) is 87.0 cm³/mol. The third-order valence-electron chi connectivity index (χ3n) is 3.72. The average Bonchev–Trinajstić information content (AvgIpc) is 2.71. The molecule has 0 saturated carbocycles. The summed E-state index contributed by atoms with van der Waals surface area (Å²) in [5.41, 5.74) is 1.22. The van der Waals surface area contributed by atoms with E-state index in [2.05, 4.69) is 34.4 Å². The summed E-state index contributed by atoms with van der Waals surface area (Å²) in [6.07, 6.45) is 1.58. The number of carbonyl (C=O) groups excluding carboxylic acids is 1. The minimum atomic E-state index is 0.0725. The molecule has 1 amide bonds.